The fraction of sp³-hybridized carbons (Fsp3) is 0.412. The highest BCUT2D eigenvalue weighted by Gasteiger charge is 2.22. The predicted octanol–water partition coefficient (Wildman–Crippen LogP) is 4.72. The van der Waals surface area contributed by atoms with Gasteiger partial charge in [-0.15, -0.1) is 11.8 Å². The summed E-state index contributed by atoms with van der Waals surface area (Å²) in [6, 6.07) is 9.38. The van der Waals surface area contributed by atoms with Crippen LogP contribution >= 0.6 is 23.4 Å². The van der Waals surface area contributed by atoms with Gasteiger partial charge >= 0.3 is 0 Å². The van der Waals surface area contributed by atoms with Crippen molar-refractivity contribution in [1.29, 1.82) is 0 Å². The fourth-order valence-corrected chi connectivity index (χ4v) is 3.09. The number of halogens is 1. The lowest BCUT2D eigenvalue weighted by Gasteiger charge is -2.23. The van der Waals surface area contributed by atoms with E-state index in [1.54, 1.807) is 0 Å². The minimum absolute atomic E-state index is 0.0460. The number of aryl methyl sites for hydroxylation is 1. The molecule has 1 heterocycles. The van der Waals surface area contributed by atoms with E-state index in [0.29, 0.717) is 5.02 Å². The first kappa shape index (κ1) is 17.9. The van der Waals surface area contributed by atoms with Gasteiger partial charge in [0.2, 0.25) is 5.91 Å². The number of hydrogen-bond donors (Lipinski definition) is 1. The van der Waals surface area contributed by atoms with E-state index in [9.17, 15) is 4.79 Å². The highest BCUT2D eigenvalue weighted by atomic mass is 35.5. The molecule has 2 aromatic rings. The van der Waals surface area contributed by atoms with Crippen molar-refractivity contribution in [2.24, 2.45) is 0 Å². The van der Waals surface area contributed by atoms with Gasteiger partial charge < -0.3 is 5.32 Å². The number of nitrogens with zero attached hydrogens (tertiary/aromatic N) is 2. The van der Waals surface area contributed by atoms with Gasteiger partial charge in [-0.05, 0) is 58.9 Å². The quantitative estimate of drug-likeness (QED) is 0.811. The highest BCUT2D eigenvalue weighted by molar-refractivity contribution is 8.00. The van der Waals surface area contributed by atoms with E-state index >= 15 is 0 Å². The molecule has 0 saturated carbocycles. The van der Waals surface area contributed by atoms with E-state index in [4.69, 9.17) is 11.6 Å². The first-order valence-corrected chi connectivity index (χ1v) is 8.73. The molecule has 1 amide bonds. The Kier molecular flexibility index (Phi) is 5.42. The van der Waals surface area contributed by atoms with E-state index < -0.39 is 0 Å². The van der Waals surface area contributed by atoms with Crippen LogP contribution in [0.1, 0.15) is 33.4 Å². The Morgan fingerprint density at radius 3 is 2.48 bits per heavy atom. The Hall–Kier alpha value is -1.46. The van der Waals surface area contributed by atoms with Gasteiger partial charge in [0.05, 0.1) is 16.5 Å². The molecular weight excluding hydrogens is 330 g/mol. The van der Waals surface area contributed by atoms with E-state index in [-0.39, 0.29) is 16.7 Å². The van der Waals surface area contributed by atoms with Gasteiger partial charge in [-0.25, -0.2) is 4.68 Å². The lowest BCUT2D eigenvalue weighted by molar-refractivity contribution is -0.115. The molecule has 4 nitrogen and oxygen atoms in total. The zero-order chi connectivity index (χ0) is 17.2. The molecule has 1 aromatic carbocycles. The number of carbonyl (C=O) groups is 1. The van der Waals surface area contributed by atoms with E-state index in [1.807, 2.05) is 48.9 Å². The van der Waals surface area contributed by atoms with Crippen LogP contribution in [0.5, 0.6) is 0 Å². The van der Waals surface area contributed by atoms with Gasteiger partial charge in [0.1, 0.15) is 5.82 Å². The second-order valence-electron chi connectivity index (χ2n) is 6.46. The smallest absolute Gasteiger partial charge is 0.238 e. The van der Waals surface area contributed by atoms with Gasteiger partial charge in [-0.3, -0.25) is 4.79 Å². The molecule has 0 fully saturated rings. The molecule has 2 rings (SSSR count). The molecule has 6 heteroatoms. The summed E-state index contributed by atoms with van der Waals surface area (Å²) >= 11 is 7.38. The molecule has 1 atom stereocenters. The van der Waals surface area contributed by atoms with Gasteiger partial charge in [0, 0.05) is 16.0 Å². The predicted molar refractivity (Wildman–Crippen MR) is 97.4 cm³/mol. The van der Waals surface area contributed by atoms with Crippen LogP contribution in [0.15, 0.2) is 35.2 Å². The van der Waals surface area contributed by atoms with Gasteiger partial charge in [0.15, 0.2) is 0 Å². The van der Waals surface area contributed by atoms with Crippen molar-refractivity contribution in [3.63, 3.8) is 0 Å². The van der Waals surface area contributed by atoms with E-state index in [2.05, 4.69) is 31.2 Å². The molecule has 1 aromatic heterocycles. The zero-order valence-electron chi connectivity index (χ0n) is 14.1. The molecule has 0 radical (unpaired) electrons. The van der Waals surface area contributed by atoms with Gasteiger partial charge in [-0.2, -0.15) is 5.10 Å². The zero-order valence-corrected chi connectivity index (χ0v) is 15.6. The third-order valence-corrected chi connectivity index (χ3v) is 4.58. The largest absolute Gasteiger partial charge is 0.310 e. The maximum absolute atomic E-state index is 12.5. The first-order valence-electron chi connectivity index (χ1n) is 7.47. The van der Waals surface area contributed by atoms with Crippen molar-refractivity contribution in [2.75, 3.05) is 5.32 Å². The van der Waals surface area contributed by atoms with E-state index in [1.165, 1.54) is 11.8 Å². The molecule has 23 heavy (non-hydrogen) atoms. The fourth-order valence-electron chi connectivity index (χ4n) is 2.10. The third kappa shape index (κ3) is 4.75. The Morgan fingerprint density at radius 1 is 1.30 bits per heavy atom. The summed E-state index contributed by atoms with van der Waals surface area (Å²) in [7, 11) is 0. The third-order valence-electron chi connectivity index (χ3n) is 3.21. The maximum atomic E-state index is 12.5. The number of nitrogens with one attached hydrogen (secondary N) is 1. The van der Waals surface area contributed by atoms with E-state index in [0.717, 1.165) is 16.4 Å². The Balaban J connectivity index is 2.08. The topological polar surface area (TPSA) is 46.9 Å². The van der Waals surface area contributed by atoms with Crippen LogP contribution < -0.4 is 5.32 Å². The number of aromatic nitrogens is 2. The van der Waals surface area contributed by atoms with Crippen molar-refractivity contribution in [3.8, 4) is 0 Å². The number of thioether (sulfide) groups is 1. The Bertz CT molecular complexity index is 689. The van der Waals surface area contributed by atoms with Crippen LogP contribution in [0, 0.1) is 6.92 Å². The standard InChI is InChI=1S/C17H22ClN3OS/c1-11-10-15(21(20-11)17(3,4)5)19-16(22)12(2)23-14-8-6-13(18)7-9-14/h6-10,12H,1-5H3,(H,19,22). The molecule has 0 saturated heterocycles. The first-order chi connectivity index (χ1) is 10.7. The summed E-state index contributed by atoms with van der Waals surface area (Å²) in [5.74, 6) is 0.680. The van der Waals surface area contributed by atoms with Crippen LogP contribution in [0.2, 0.25) is 5.02 Å². The normalized spacial score (nSPS) is 13.0. The average Bonchev–Trinajstić information content (AvgIpc) is 2.82. The van der Waals surface area contributed by atoms with Crippen LogP contribution in [-0.4, -0.2) is 20.9 Å². The molecular formula is C17H22ClN3OS. The number of carbonyl (C=O) groups excluding carboxylic acids is 1. The summed E-state index contributed by atoms with van der Waals surface area (Å²) in [4.78, 5) is 13.5. The van der Waals surface area contributed by atoms with Crippen molar-refractivity contribution < 1.29 is 4.79 Å². The Labute approximate surface area is 146 Å². The lowest BCUT2D eigenvalue weighted by Crippen LogP contribution is -2.29. The SMILES string of the molecule is Cc1cc(NC(=O)C(C)Sc2ccc(Cl)cc2)n(C(C)(C)C)n1. The molecule has 0 aliphatic carbocycles. The van der Waals surface area contributed by atoms with Crippen molar-refractivity contribution in [2.45, 2.75) is 50.3 Å². The number of anilines is 1. The number of hydrogen-bond acceptors (Lipinski definition) is 3. The minimum Gasteiger partial charge on any atom is -0.310 e. The second kappa shape index (κ2) is 6.97. The molecule has 1 N–H and O–H groups in total. The number of benzene rings is 1. The Morgan fingerprint density at radius 2 is 1.91 bits per heavy atom. The van der Waals surface area contributed by atoms with Crippen LogP contribution in [0.3, 0.4) is 0 Å². The van der Waals surface area contributed by atoms with Gasteiger partial charge in [-0.1, -0.05) is 11.6 Å². The summed E-state index contributed by atoms with van der Waals surface area (Å²) in [6.07, 6.45) is 0. The maximum Gasteiger partial charge on any atom is 0.238 e. The molecule has 0 bridgehead atoms. The van der Waals surface area contributed by atoms with Crippen LogP contribution in [0.4, 0.5) is 5.82 Å². The molecule has 0 aliphatic heterocycles. The highest BCUT2D eigenvalue weighted by Crippen LogP contribution is 2.26. The second-order valence-corrected chi connectivity index (χ2v) is 8.31. The summed E-state index contributed by atoms with van der Waals surface area (Å²) < 4.78 is 1.85. The van der Waals surface area contributed by atoms with Crippen molar-refractivity contribution in [1.82, 2.24) is 9.78 Å². The summed E-state index contributed by atoms with van der Waals surface area (Å²) in [5, 5.41) is 7.92. The lowest BCUT2D eigenvalue weighted by atomic mass is 10.1. The molecule has 0 aliphatic rings. The van der Waals surface area contributed by atoms with Crippen molar-refractivity contribution >= 4 is 35.1 Å². The molecule has 1 unspecified atom stereocenters. The minimum atomic E-state index is -0.222. The summed E-state index contributed by atoms with van der Waals surface area (Å²) in [5.41, 5.74) is 0.692. The number of rotatable bonds is 4. The molecule has 124 valence electrons. The van der Waals surface area contributed by atoms with Crippen LogP contribution in [-0.2, 0) is 10.3 Å². The average molecular weight is 352 g/mol. The monoisotopic (exact) mass is 351 g/mol. The van der Waals surface area contributed by atoms with Gasteiger partial charge in [0.25, 0.3) is 0 Å². The number of amides is 1. The van der Waals surface area contributed by atoms with Crippen molar-refractivity contribution in [3.05, 3.63) is 41.0 Å². The summed E-state index contributed by atoms with van der Waals surface area (Å²) in [6.45, 7) is 9.98. The molecule has 0 spiro atoms. The van der Waals surface area contributed by atoms with Crippen LogP contribution in [0.25, 0.3) is 0 Å².